The molecule has 0 radical (unpaired) electrons. The van der Waals surface area contributed by atoms with Crippen molar-refractivity contribution in [2.24, 2.45) is 0 Å². The SMILES string of the molecule is CCC(Oc1ccc2ccccc2c1)C(=O)Nc1ccc(F)c(Cl)c1. The predicted octanol–water partition coefficient (Wildman–Crippen LogP) is 5.43. The fraction of sp³-hybridized carbons (Fsp3) is 0.150. The highest BCUT2D eigenvalue weighted by atomic mass is 35.5. The minimum atomic E-state index is -0.662. The summed E-state index contributed by atoms with van der Waals surface area (Å²) in [6.07, 6.45) is -0.168. The number of nitrogens with one attached hydrogen (secondary N) is 1. The van der Waals surface area contributed by atoms with E-state index in [1.807, 2.05) is 49.4 Å². The summed E-state index contributed by atoms with van der Waals surface area (Å²) < 4.78 is 19.0. The second-order valence-electron chi connectivity index (χ2n) is 5.64. The standard InChI is InChI=1S/C20H17ClFNO2/c1-2-19(20(24)23-15-8-10-18(22)17(21)12-15)25-16-9-7-13-5-3-4-6-14(13)11-16/h3-12,19H,2H2,1H3,(H,23,24). The van der Waals surface area contributed by atoms with Gasteiger partial charge in [-0.1, -0.05) is 48.9 Å². The molecular formula is C20H17ClFNO2. The molecule has 128 valence electrons. The Morgan fingerprint density at radius 1 is 1.12 bits per heavy atom. The molecule has 1 amide bonds. The van der Waals surface area contributed by atoms with Gasteiger partial charge in [-0.25, -0.2) is 4.39 Å². The molecule has 0 aliphatic carbocycles. The van der Waals surface area contributed by atoms with Crippen LogP contribution in [0.25, 0.3) is 10.8 Å². The predicted molar refractivity (Wildman–Crippen MR) is 98.7 cm³/mol. The van der Waals surface area contributed by atoms with Crippen LogP contribution in [0.3, 0.4) is 0 Å². The number of anilines is 1. The molecule has 1 atom stereocenters. The first kappa shape index (κ1) is 17.2. The van der Waals surface area contributed by atoms with Gasteiger partial charge in [0.25, 0.3) is 5.91 Å². The molecule has 0 aliphatic heterocycles. The molecular weight excluding hydrogens is 341 g/mol. The number of carbonyl (C=O) groups excluding carboxylic acids is 1. The van der Waals surface area contributed by atoms with Crippen LogP contribution in [0, 0.1) is 5.82 Å². The van der Waals surface area contributed by atoms with Crippen molar-refractivity contribution in [1.29, 1.82) is 0 Å². The highest BCUT2D eigenvalue weighted by Crippen LogP contribution is 2.23. The zero-order chi connectivity index (χ0) is 17.8. The Balaban J connectivity index is 1.73. The van der Waals surface area contributed by atoms with Gasteiger partial charge in [0.05, 0.1) is 5.02 Å². The molecule has 0 bridgehead atoms. The van der Waals surface area contributed by atoms with E-state index in [4.69, 9.17) is 16.3 Å². The number of halogens is 2. The second-order valence-corrected chi connectivity index (χ2v) is 6.05. The van der Waals surface area contributed by atoms with Gasteiger partial charge < -0.3 is 10.1 Å². The zero-order valence-corrected chi connectivity index (χ0v) is 14.4. The van der Waals surface area contributed by atoms with Gasteiger partial charge in [-0.15, -0.1) is 0 Å². The van der Waals surface area contributed by atoms with E-state index in [-0.39, 0.29) is 10.9 Å². The third kappa shape index (κ3) is 4.09. The Labute approximate surface area is 150 Å². The molecule has 3 aromatic rings. The molecule has 0 saturated heterocycles. The quantitative estimate of drug-likeness (QED) is 0.661. The number of hydrogen-bond donors (Lipinski definition) is 1. The molecule has 3 aromatic carbocycles. The molecule has 3 nitrogen and oxygen atoms in total. The van der Waals surface area contributed by atoms with Crippen molar-refractivity contribution in [3.05, 3.63) is 71.5 Å². The van der Waals surface area contributed by atoms with Crippen molar-refractivity contribution in [2.75, 3.05) is 5.32 Å². The minimum absolute atomic E-state index is 0.0405. The van der Waals surface area contributed by atoms with Crippen LogP contribution in [-0.4, -0.2) is 12.0 Å². The molecule has 1 N–H and O–H groups in total. The first-order chi connectivity index (χ1) is 12.1. The van der Waals surface area contributed by atoms with E-state index < -0.39 is 11.9 Å². The molecule has 0 saturated carbocycles. The van der Waals surface area contributed by atoms with Gasteiger partial charge in [-0.05, 0) is 47.5 Å². The molecule has 0 aromatic heterocycles. The molecule has 0 fully saturated rings. The summed E-state index contributed by atoms with van der Waals surface area (Å²) in [5.74, 6) is -0.213. The Morgan fingerprint density at radius 2 is 1.88 bits per heavy atom. The van der Waals surface area contributed by atoms with Crippen LogP contribution in [0.5, 0.6) is 5.75 Å². The summed E-state index contributed by atoms with van der Waals surface area (Å²) in [7, 11) is 0. The summed E-state index contributed by atoms with van der Waals surface area (Å²) in [6.45, 7) is 1.86. The molecule has 5 heteroatoms. The molecule has 3 rings (SSSR count). The van der Waals surface area contributed by atoms with Crippen molar-refractivity contribution >= 4 is 34.0 Å². The summed E-state index contributed by atoms with van der Waals surface area (Å²) >= 11 is 5.74. The number of hydrogen-bond acceptors (Lipinski definition) is 2. The summed E-state index contributed by atoms with van der Waals surface area (Å²) in [6, 6.07) is 17.7. The van der Waals surface area contributed by atoms with Crippen molar-refractivity contribution in [3.63, 3.8) is 0 Å². The van der Waals surface area contributed by atoms with E-state index in [1.54, 1.807) is 0 Å². The van der Waals surface area contributed by atoms with E-state index in [0.717, 1.165) is 10.8 Å². The lowest BCUT2D eigenvalue weighted by molar-refractivity contribution is -0.122. The lowest BCUT2D eigenvalue weighted by Gasteiger charge is -2.18. The van der Waals surface area contributed by atoms with Crippen LogP contribution in [0.1, 0.15) is 13.3 Å². The minimum Gasteiger partial charge on any atom is -0.481 e. The van der Waals surface area contributed by atoms with Crippen LogP contribution in [0.2, 0.25) is 5.02 Å². The van der Waals surface area contributed by atoms with Crippen LogP contribution < -0.4 is 10.1 Å². The number of fused-ring (bicyclic) bond motifs is 1. The fourth-order valence-corrected chi connectivity index (χ4v) is 2.70. The van der Waals surface area contributed by atoms with Gasteiger partial charge in [0.1, 0.15) is 11.6 Å². The molecule has 0 heterocycles. The van der Waals surface area contributed by atoms with Gasteiger partial charge >= 0.3 is 0 Å². The van der Waals surface area contributed by atoms with E-state index in [9.17, 15) is 9.18 Å². The van der Waals surface area contributed by atoms with Crippen LogP contribution in [0.15, 0.2) is 60.7 Å². The van der Waals surface area contributed by atoms with Crippen LogP contribution >= 0.6 is 11.6 Å². The highest BCUT2D eigenvalue weighted by Gasteiger charge is 2.19. The maximum Gasteiger partial charge on any atom is 0.265 e. The Kier molecular flexibility index (Phi) is 5.19. The van der Waals surface area contributed by atoms with E-state index in [1.165, 1.54) is 18.2 Å². The molecule has 25 heavy (non-hydrogen) atoms. The second kappa shape index (κ2) is 7.53. The largest absolute Gasteiger partial charge is 0.481 e. The van der Waals surface area contributed by atoms with Gasteiger partial charge in [-0.3, -0.25) is 4.79 Å². The van der Waals surface area contributed by atoms with Crippen molar-refractivity contribution in [2.45, 2.75) is 19.4 Å². The van der Waals surface area contributed by atoms with E-state index >= 15 is 0 Å². The van der Waals surface area contributed by atoms with Crippen LogP contribution in [0.4, 0.5) is 10.1 Å². The number of ether oxygens (including phenoxy) is 1. The molecule has 0 aliphatic rings. The number of benzene rings is 3. The molecule has 1 unspecified atom stereocenters. The average molecular weight is 358 g/mol. The summed E-state index contributed by atoms with van der Waals surface area (Å²) in [5, 5.41) is 4.81. The normalized spacial score (nSPS) is 12.0. The average Bonchev–Trinajstić information content (AvgIpc) is 2.62. The number of amides is 1. The van der Waals surface area contributed by atoms with Gasteiger partial charge in [0.2, 0.25) is 0 Å². The maximum atomic E-state index is 13.2. The molecule has 0 spiro atoms. The Bertz CT molecular complexity index is 913. The Hall–Kier alpha value is -2.59. The topological polar surface area (TPSA) is 38.3 Å². The maximum absolute atomic E-state index is 13.2. The number of carbonyl (C=O) groups is 1. The van der Waals surface area contributed by atoms with Crippen molar-refractivity contribution in [1.82, 2.24) is 0 Å². The third-order valence-electron chi connectivity index (χ3n) is 3.85. The van der Waals surface area contributed by atoms with Gasteiger partial charge in [-0.2, -0.15) is 0 Å². The smallest absolute Gasteiger partial charge is 0.265 e. The summed E-state index contributed by atoms with van der Waals surface area (Å²) in [4.78, 5) is 12.4. The lowest BCUT2D eigenvalue weighted by Crippen LogP contribution is -2.32. The van der Waals surface area contributed by atoms with Crippen molar-refractivity contribution in [3.8, 4) is 5.75 Å². The number of rotatable bonds is 5. The summed E-state index contributed by atoms with van der Waals surface area (Å²) in [5.41, 5.74) is 0.428. The van der Waals surface area contributed by atoms with E-state index in [0.29, 0.717) is 17.9 Å². The Morgan fingerprint density at radius 3 is 2.60 bits per heavy atom. The first-order valence-corrected chi connectivity index (χ1v) is 8.36. The first-order valence-electron chi connectivity index (χ1n) is 7.98. The highest BCUT2D eigenvalue weighted by molar-refractivity contribution is 6.31. The lowest BCUT2D eigenvalue weighted by atomic mass is 10.1. The van der Waals surface area contributed by atoms with Crippen molar-refractivity contribution < 1.29 is 13.9 Å². The van der Waals surface area contributed by atoms with Gasteiger partial charge in [0.15, 0.2) is 6.10 Å². The zero-order valence-electron chi connectivity index (χ0n) is 13.6. The van der Waals surface area contributed by atoms with E-state index in [2.05, 4.69) is 5.32 Å². The third-order valence-corrected chi connectivity index (χ3v) is 4.14. The van der Waals surface area contributed by atoms with Gasteiger partial charge in [0, 0.05) is 5.69 Å². The fourth-order valence-electron chi connectivity index (χ4n) is 2.52. The van der Waals surface area contributed by atoms with Crippen LogP contribution in [-0.2, 0) is 4.79 Å². The monoisotopic (exact) mass is 357 g/mol.